The van der Waals surface area contributed by atoms with Crippen LogP contribution in [-0.2, 0) is 0 Å². The average molecular weight is 626 g/mol. The summed E-state index contributed by atoms with van der Waals surface area (Å²) >= 11 is 0. The van der Waals surface area contributed by atoms with Crippen molar-refractivity contribution in [3.63, 3.8) is 0 Å². The summed E-state index contributed by atoms with van der Waals surface area (Å²) in [5, 5.41) is 0.118. The van der Waals surface area contributed by atoms with Gasteiger partial charge in [-0.1, -0.05) is 52.7 Å². The summed E-state index contributed by atoms with van der Waals surface area (Å²) in [6, 6.07) is 3.48. The first kappa shape index (κ1) is 32.3. The molecule has 0 fully saturated rings. The molecule has 4 rings (SSSR count). The normalized spacial score (nSPS) is 16.3. The zero-order chi connectivity index (χ0) is 32.3. The Morgan fingerprint density at radius 3 is 1.42 bits per heavy atom. The molecule has 0 amide bonds. The highest BCUT2D eigenvalue weighted by atomic mass is 31.2. The molecule has 0 unspecified atom stereocenters. The van der Waals surface area contributed by atoms with Crippen LogP contribution in [0.5, 0.6) is 0 Å². The molecule has 3 aromatic rings. The quantitative estimate of drug-likeness (QED) is 0.0721. The second kappa shape index (κ2) is 11.5. The summed E-state index contributed by atoms with van der Waals surface area (Å²) in [5.41, 5.74) is 2.17. The van der Waals surface area contributed by atoms with Crippen LogP contribution in [0, 0.1) is 90.5 Å². The maximum atomic E-state index is 15.5. The van der Waals surface area contributed by atoms with E-state index in [4.69, 9.17) is 0 Å². The highest BCUT2D eigenvalue weighted by molar-refractivity contribution is 7.91. The summed E-state index contributed by atoms with van der Waals surface area (Å²) in [6.45, 7) is 5.75. The maximum Gasteiger partial charge on any atom is 0.258 e. The molecule has 1 aliphatic heterocycles. The van der Waals surface area contributed by atoms with Crippen molar-refractivity contribution >= 4 is 35.0 Å². The minimum Gasteiger partial charge on any atom is -0.204 e. The lowest BCUT2D eigenvalue weighted by atomic mass is 9.37. The molecule has 0 aliphatic carbocycles. The largest absolute Gasteiger partial charge is 0.258 e. The number of allylic oxidation sites excluding steroid dienone is 3. The van der Waals surface area contributed by atoms with Crippen LogP contribution in [0.4, 0.5) is 43.9 Å². The molecule has 224 valence electrons. The van der Waals surface area contributed by atoms with Crippen LogP contribution in [0.2, 0.25) is 0 Å². The minimum absolute atomic E-state index is 0.00531. The van der Waals surface area contributed by atoms with Gasteiger partial charge in [-0.25, -0.2) is 43.9 Å². The lowest BCUT2D eigenvalue weighted by Crippen LogP contribution is -2.56. The highest BCUT2D eigenvalue weighted by Gasteiger charge is 2.45. The van der Waals surface area contributed by atoms with Crippen molar-refractivity contribution in [1.29, 1.82) is 0 Å². The second-order valence-electron chi connectivity index (χ2n) is 10.5. The predicted molar refractivity (Wildman–Crippen MR) is 151 cm³/mol. The van der Waals surface area contributed by atoms with Crippen LogP contribution < -0.4 is 16.2 Å². The second-order valence-corrected chi connectivity index (χ2v) is 13.7. The topological polar surface area (TPSA) is 0 Å². The number of rotatable bonds is 4. The Morgan fingerprint density at radius 2 is 1.05 bits per heavy atom. The number of benzene rings is 3. The summed E-state index contributed by atoms with van der Waals surface area (Å²) in [6.07, 6.45) is 1.22. The molecule has 3 aromatic carbocycles. The fourth-order valence-electron chi connectivity index (χ4n) is 5.70. The lowest BCUT2D eigenvalue weighted by molar-refractivity contribution is 0.382. The van der Waals surface area contributed by atoms with Gasteiger partial charge in [0.2, 0.25) is 0 Å². The Bertz CT molecular complexity index is 1740. The van der Waals surface area contributed by atoms with Crippen molar-refractivity contribution < 1.29 is 43.9 Å². The molecule has 1 atom stereocenters. The van der Waals surface area contributed by atoms with E-state index in [0.29, 0.717) is 27.6 Å². The van der Waals surface area contributed by atoms with Gasteiger partial charge in [0, 0.05) is 17.1 Å². The van der Waals surface area contributed by atoms with E-state index in [-0.39, 0.29) is 11.4 Å². The van der Waals surface area contributed by atoms with Gasteiger partial charge in [-0.3, -0.25) is 0 Å². The highest BCUT2D eigenvalue weighted by Crippen LogP contribution is 2.54. The van der Waals surface area contributed by atoms with Gasteiger partial charge < -0.3 is 0 Å². The predicted octanol–water partition coefficient (Wildman–Crippen LogP) is 7.16. The lowest BCUT2D eigenvalue weighted by Gasteiger charge is -2.29. The zero-order valence-corrected chi connectivity index (χ0v) is 24.3. The molecule has 0 aromatic heterocycles. The number of hydrogen-bond acceptors (Lipinski definition) is 0. The molecular weight excluding hydrogens is 604 g/mol. The van der Waals surface area contributed by atoms with Crippen LogP contribution in [0.3, 0.4) is 0 Å². The van der Waals surface area contributed by atoms with E-state index in [0.717, 1.165) is 5.56 Å². The van der Waals surface area contributed by atoms with E-state index in [2.05, 4.69) is 18.2 Å². The smallest absolute Gasteiger partial charge is 0.204 e. The number of aryl methyl sites for hydroxylation is 3. The fraction of sp³-hybridized carbons (Fsp3) is 0.194. The van der Waals surface area contributed by atoms with Crippen LogP contribution in [-0.4, -0.2) is 18.1 Å². The molecule has 1 heterocycles. The van der Waals surface area contributed by atoms with Gasteiger partial charge in [-0.15, -0.1) is 0 Å². The first-order valence-corrected chi connectivity index (χ1v) is 14.7. The van der Waals surface area contributed by atoms with Crippen LogP contribution in [0.25, 0.3) is 0 Å². The van der Waals surface area contributed by atoms with Gasteiger partial charge in [0.25, 0.3) is 6.71 Å². The van der Waals surface area contributed by atoms with Crippen LogP contribution >= 0.6 is 6.89 Å². The van der Waals surface area contributed by atoms with E-state index in [9.17, 15) is 26.3 Å². The average Bonchev–Trinajstić information content (AvgIpc) is 3.26. The molecular formula is C31H22BF10P. The molecule has 0 saturated heterocycles. The maximum absolute atomic E-state index is 15.5. The Hall–Kier alpha value is -3.64. The van der Waals surface area contributed by atoms with Crippen molar-refractivity contribution in [3.05, 3.63) is 111 Å². The summed E-state index contributed by atoms with van der Waals surface area (Å²) in [5.74, 6) is -22.1. The molecule has 0 spiro atoms. The van der Waals surface area contributed by atoms with Gasteiger partial charge in [0.1, 0.15) is 0 Å². The van der Waals surface area contributed by atoms with Crippen molar-refractivity contribution in [3.8, 4) is 11.6 Å². The van der Waals surface area contributed by atoms with Crippen molar-refractivity contribution in [2.45, 2.75) is 34.6 Å². The van der Waals surface area contributed by atoms with Gasteiger partial charge >= 0.3 is 0 Å². The minimum atomic E-state index is -3.51. The zero-order valence-electron chi connectivity index (χ0n) is 23.5. The summed E-state index contributed by atoms with van der Waals surface area (Å²) < 4.78 is 149. The number of halogens is 10. The first-order chi connectivity index (χ1) is 20.0. The summed E-state index contributed by atoms with van der Waals surface area (Å²) in [4.78, 5) is 0. The third kappa shape index (κ3) is 5.14. The monoisotopic (exact) mass is 626 g/mol. The van der Waals surface area contributed by atoms with Crippen LogP contribution in [0.15, 0.2) is 35.9 Å². The van der Waals surface area contributed by atoms with E-state index in [1.807, 2.05) is 0 Å². The first-order valence-electron chi connectivity index (χ1n) is 12.7. The fourth-order valence-corrected chi connectivity index (χ4v) is 10.3. The third-order valence-electron chi connectivity index (χ3n) is 7.16. The Balaban J connectivity index is 2.41. The van der Waals surface area contributed by atoms with Crippen molar-refractivity contribution in [2.24, 2.45) is 0 Å². The van der Waals surface area contributed by atoms with Crippen molar-refractivity contribution in [2.75, 3.05) is 6.16 Å². The van der Waals surface area contributed by atoms with Crippen LogP contribution in [0.1, 0.15) is 30.5 Å². The third-order valence-corrected chi connectivity index (χ3v) is 11.4. The Kier molecular flexibility index (Phi) is 8.60. The van der Waals surface area contributed by atoms with E-state index in [1.165, 1.54) is 19.9 Å². The van der Waals surface area contributed by atoms with Gasteiger partial charge in [-0.2, -0.15) is 0 Å². The molecule has 0 bridgehead atoms. The molecule has 0 N–H and O–H groups in total. The SMILES string of the molecule is C=C(C)C#C[P@@]1(c2c(C)cc(C)cc2C)=C(B(c2c(F)c(F)c(F)c(F)c2F)c2c(F)c(F)c(F)c(F)c2F)C=C(C)C1. The van der Waals surface area contributed by atoms with E-state index in [1.54, 1.807) is 32.9 Å². The molecule has 0 nitrogen and oxygen atoms in total. The standard InChI is InChI=1S/C31H22BF10P/c1-13(2)7-8-43(31-16(5)9-14(3)10-17(31)6)12-15(4)11-18(43)32(19-21(33)25(37)29(41)26(38)22(19)34)20-23(35)27(39)30(42)28(40)24(20)36/h9-11H,1,12H2,2-6H3/t43-/m0/s1. The molecule has 12 heteroatoms. The summed E-state index contributed by atoms with van der Waals surface area (Å²) in [7, 11) is 0. The molecule has 0 radical (unpaired) electrons. The van der Waals surface area contributed by atoms with E-state index >= 15 is 17.6 Å². The van der Waals surface area contributed by atoms with Gasteiger partial charge in [0.05, 0.1) is 0 Å². The van der Waals surface area contributed by atoms with E-state index < -0.39 is 82.7 Å². The Morgan fingerprint density at radius 1 is 0.674 bits per heavy atom. The Labute approximate surface area is 242 Å². The van der Waals surface area contributed by atoms with Gasteiger partial charge in [-0.05, 0) is 63.5 Å². The van der Waals surface area contributed by atoms with Gasteiger partial charge in [0.15, 0.2) is 58.2 Å². The molecule has 0 saturated carbocycles. The van der Waals surface area contributed by atoms with Crippen molar-refractivity contribution in [1.82, 2.24) is 0 Å². The molecule has 43 heavy (non-hydrogen) atoms. The molecule has 1 aliphatic rings. The number of hydrogen-bond donors (Lipinski definition) is 0.